The van der Waals surface area contributed by atoms with Crippen LogP contribution in [0.15, 0.2) is 42.7 Å². The molecule has 1 unspecified atom stereocenters. The third kappa shape index (κ3) is 3.05. The van der Waals surface area contributed by atoms with Crippen LogP contribution in [-0.2, 0) is 6.54 Å². The van der Waals surface area contributed by atoms with Crippen molar-refractivity contribution in [1.82, 2.24) is 10.3 Å². The van der Waals surface area contributed by atoms with Gasteiger partial charge in [0, 0.05) is 36.6 Å². The van der Waals surface area contributed by atoms with Crippen LogP contribution >= 0.6 is 0 Å². The maximum atomic E-state index is 12.9. The summed E-state index contributed by atoms with van der Waals surface area (Å²) < 4.78 is 12.9. The predicted octanol–water partition coefficient (Wildman–Crippen LogP) is 2.78. The Morgan fingerprint density at radius 3 is 2.67 bits per heavy atom. The Balaban J connectivity index is 2.01. The molecule has 3 nitrogen and oxygen atoms in total. The minimum atomic E-state index is -0.433. The van der Waals surface area contributed by atoms with Crippen LogP contribution in [0.2, 0.25) is 0 Å². The molecule has 0 fully saturated rings. The van der Waals surface area contributed by atoms with Crippen LogP contribution in [0.4, 0.5) is 4.39 Å². The zero-order valence-corrected chi connectivity index (χ0v) is 10.1. The minimum absolute atomic E-state index is 0.0234. The van der Waals surface area contributed by atoms with Crippen molar-refractivity contribution < 1.29 is 9.50 Å². The maximum absolute atomic E-state index is 12.9. The van der Waals surface area contributed by atoms with Gasteiger partial charge in [-0.3, -0.25) is 4.98 Å². The van der Waals surface area contributed by atoms with E-state index in [2.05, 4.69) is 10.3 Å². The summed E-state index contributed by atoms with van der Waals surface area (Å²) in [4.78, 5) is 3.95. The van der Waals surface area contributed by atoms with Gasteiger partial charge in [-0.2, -0.15) is 0 Å². The van der Waals surface area contributed by atoms with Crippen molar-refractivity contribution in [3.63, 3.8) is 0 Å². The van der Waals surface area contributed by atoms with Gasteiger partial charge in [-0.1, -0.05) is 6.07 Å². The molecule has 1 atom stereocenters. The fourth-order valence-electron chi connectivity index (χ4n) is 1.76. The number of hydrogen-bond donors (Lipinski definition) is 2. The molecule has 0 aliphatic rings. The Bertz CT molecular complexity index is 516. The summed E-state index contributed by atoms with van der Waals surface area (Å²) in [6.45, 7) is 2.59. The first-order valence-electron chi connectivity index (χ1n) is 5.77. The average molecular weight is 246 g/mol. The summed E-state index contributed by atoms with van der Waals surface area (Å²) in [5, 5.41) is 12.9. The molecule has 0 aliphatic heterocycles. The van der Waals surface area contributed by atoms with E-state index < -0.39 is 5.82 Å². The fraction of sp³-hybridized carbons (Fsp3) is 0.214. The van der Waals surface area contributed by atoms with Crippen molar-refractivity contribution in [2.24, 2.45) is 0 Å². The molecule has 4 heteroatoms. The first-order valence-corrected chi connectivity index (χ1v) is 5.77. The maximum Gasteiger partial charge on any atom is 0.126 e. The highest BCUT2D eigenvalue weighted by Crippen LogP contribution is 2.24. The lowest BCUT2D eigenvalue weighted by atomic mass is 10.1. The second-order valence-corrected chi connectivity index (χ2v) is 4.16. The Morgan fingerprint density at radius 2 is 2.00 bits per heavy atom. The Hall–Kier alpha value is -1.94. The molecule has 0 saturated carbocycles. The van der Waals surface area contributed by atoms with E-state index in [0.29, 0.717) is 12.1 Å². The molecule has 0 spiro atoms. The summed E-state index contributed by atoms with van der Waals surface area (Å²) in [5.41, 5.74) is 1.80. The van der Waals surface area contributed by atoms with Crippen molar-refractivity contribution in [1.29, 1.82) is 0 Å². The molecule has 2 N–H and O–H groups in total. The van der Waals surface area contributed by atoms with Crippen molar-refractivity contribution in [2.75, 3.05) is 0 Å². The number of pyridine rings is 1. The summed E-state index contributed by atoms with van der Waals surface area (Å²) in [7, 11) is 0. The van der Waals surface area contributed by atoms with Crippen molar-refractivity contribution in [3.8, 4) is 5.75 Å². The molecule has 2 rings (SSSR count). The van der Waals surface area contributed by atoms with Crippen LogP contribution < -0.4 is 5.32 Å². The van der Waals surface area contributed by atoms with Crippen molar-refractivity contribution >= 4 is 0 Å². The van der Waals surface area contributed by atoms with Crippen LogP contribution in [0.25, 0.3) is 0 Å². The zero-order valence-electron chi connectivity index (χ0n) is 10.1. The minimum Gasteiger partial charge on any atom is -0.508 e. The molecule has 0 radical (unpaired) electrons. The van der Waals surface area contributed by atoms with E-state index in [1.54, 1.807) is 18.5 Å². The number of hydrogen-bond acceptors (Lipinski definition) is 3. The Kier molecular flexibility index (Phi) is 3.89. The smallest absolute Gasteiger partial charge is 0.126 e. The lowest BCUT2D eigenvalue weighted by Crippen LogP contribution is -2.18. The van der Waals surface area contributed by atoms with E-state index in [9.17, 15) is 9.50 Å². The Labute approximate surface area is 105 Å². The van der Waals surface area contributed by atoms with E-state index in [1.165, 1.54) is 6.07 Å². The first-order chi connectivity index (χ1) is 8.66. The molecular formula is C14H15FN2O. The molecule has 0 amide bonds. The van der Waals surface area contributed by atoms with E-state index in [0.717, 1.165) is 11.6 Å². The van der Waals surface area contributed by atoms with Gasteiger partial charge in [0.15, 0.2) is 0 Å². The van der Waals surface area contributed by atoms with E-state index in [-0.39, 0.29) is 11.8 Å². The molecule has 1 heterocycles. The van der Waals surface area contributed by atoms with Gasteiger partial charge in [0.05, 0.1) is 0 Å². The highest BCUT2D eigenvalue weighted by molar-refractivity contribution is 5.34. The van der Waals surface area contributed by atoms with Gasteiger partial charge in [0.25, 0.3) is 0 Å². The van der Waals surface area contributed by atoms with E-state index in [1.807, 2.05) is 19.1 Å². The van der Waals surface area contributed by atoms with Crippen LogP contribution in [0.5, 0.6) is 5.75 Å². The average Bonchev–Trinajstić information content (AvgIpc) is 2.37. The Morgan fingerprint density at radius 1 is 1.28 bits per heavy atom. The molecule has 0 bridgehead atoms. The monoisotopic (exact) mass is 246 g/mol. The van der Waals surface area contributed by atoms with Crippen LogP contribution in [0.3, 0.4) is 0 Å². The second-order valence-electron chi connectivity index (χ2n) is 4.16. The molecule has 2 aromatic rings. The number of halogens is 1. The standard InChI is InChI=1S/C14H15FN2O/c1-10(13-3-2-12(15)8-14(13)18)17-9-11-4-6-16-7-5-11/h2-8,10,17-18H,9H2,1H3. The van der Waals surface area contributed by atoms with E-state index >= 15 is 0 Å². The molecule has 0 saturated heterocycles. The fourth-order valence-corrected chi connectivity index (χ4v) is 1.76. The van der Waals surface area contributed by atoms with Crippen LogP contribution in [0.1, 0.15) is 24.1 Å². The van der Waals surface area contributed by atoms with Crippen molar-refractivity contribution in [2.45, 2.75) is 19.5 Å². The van der Waals surface area contributed by atoms with Gasteiger partial charge >= 0.3 is 0 Å². The molecular weight excluding hydrogens is 231 g/mol. The number of phenols is 1. The number of rotatable bonds is 4. The zero-order chi connectivity index (χ0) is 13.0. The SMILES string of the molecule is CC(NCc1ccncc1)c1ccc(F)cc1O. The lowest BCUT2D eigenvalue weighted by molar-refractivity contribution is 0.446. The molecule has 0 aliphatic carbocycles. The quantitative estimate of drug-likeness (QED) is 0.872. The number of nitrogens with zero attached hydrogens (tertiary/aromatic N) is 1. The molecule has 1 aromatic carbocycles. The summed E-state index contributed by atoms with van der Waals surface area (Å²) in [6, 6.07) is 7.85. The number of benzene rings is 1. The second kappa shape index (κ2) is 5.60. The van der Waals surface area contributed by atoms with E-state index in [4.69, 9.17) is 0 Å². The normalized spacial score (nSPS) is 12.3. The van der Waals surface area contributed by atoms with Gasteiger partial charge < -0.3 is 10.4 Å². The third-order valence-corrected chi connectivity index (χ3v) is 2.82. The predicted molar refractivity (Wildman–Crippen MR) is 67.6 cm³/mol. The summed E-state index contributed by atoms with van der Waals surface area (Å²) >= 11 is 0. The van der Waals surface area contributed by atoms with Crippen molar-refractivity contribution in [3.05, 3.63) is 59.7 Å². The van der Waals surface area contributed by atoms with Gasteiger partial charge in [0.1, 0.15) is 11.6 Å². The molecule has 1 aromatic heterocycles. The third-order valence-electron chi connectivity index (χ3n) is 2.82. The number of aromatic nitrogens is 1. The summed E-state index contributed by atoms with van der Waals surface area (Å²) in [6.07, 6.45) is 3.47. The first kappa shape index (κ1) is 12.5. The summed E-state index contributed by atoms with van der Waals surface area (Å²) in [5.74, 6) is -0.456. The van der Waals surface area contributed by atoms with Gasteiger partial charge in [-0.15, -0.1) is 0 Å². The van der Waals surface area contributed by atoms with Gasteiger partial charge in [-0.05, 0) is 30.7 Å². The molecule has 94 valence electrons. The number of aromatic hydroxyl groups is 1. The van der Waals surface area contributed by atoms with Gasteiger partial charge in [-0.25, -0.2) is 4.39 Å². The highest BCUT2D eigenvalue weighted by atomic mass is 19.1. The van der Waals surface area contributed by atoms with Gasteiger partial charge in [0.2, 0.25) is 0 Å². The number of phenolic OH excluding ortho intramolecular Hbond substituents is 1. The molecule has 18 heavy (non-hydrogen) atoms. The largest absolute Gasteiger partial charge is 0.508 e. The number of nitrogens with one attached hydrogen (secondary N) is 1. The topological polar surface area (TPSA) is 45.2 Å². The van der Waals surface area contributed by atoms with Crippen LogP contribution in [-0.4, -0.2) is 10.1 Å². The van der Waals surface area contributed by atoms with Crippen LogP contribution in [0, 0.1) is 5.82 Å². The highest BCUT2D eigenvalue weighted by Gasteiger charge is 2.10. The lowest BCUT2D eigenvalue weighted by Gasteiger charge is -2.15.